The molecule has 1 aromatic carbocycles. The third kappa shape index (κ3) is 6.18. The van der Waals surface area contributed by atoms with Crippen molar-refractivity contribution in [3.05, 3.63) is 34.3 Å². The topological polar surface area (TPSA) is 55.4 Å². The molecule has 1 atom stereocenters. The van der Waals surface area contributed by atoms with Gasteiger partial charge >= 0.3 is 5.97 Å². The Labute approximate surface area is 150 Å². The molecule has 6 heteroatoms. The minimum absolute atomic E-state index is 0.0125. The maximum atomic E-state index is 12.3. The monoisotopic (exact) mass is 401 g/mol. The van der Waals surface area contributed by atoms with Gasteiger partial charge < -0.3 is 10.1 Å². The van der Waals surface area contributed by atoms with E-state index in [-0.39, 0.29) is 23.5 Å². The van der Waals surface area contributed by atoms with Gasteiger partial charge in [0.2, 0.25) is 5.91 Å². The lowest BCUT2D eigenvalue weighted by atomic mass is 9.81. The number of benzene rings is 1. The fourth-order valence-corrected chi connectivity index (χ4v) is 3.10. The zero-order valence-electron chi connectivity index (χ0n) is 14.0. The standard InChI is InChI=1S/C17H24BrNO3S/c1-12(2)17(3,13-5-7-14(18)8-6-13)19-15(20)9-10-23-11-16(21)22-4/h5-8,12H,9-11H2,1-4H3,(H,19,20)/t17-/m1/s1. The summed E-state index contributed by atoms with van der Waals surface area (Å²) >= 11 is 4.84. The zero-order chi connectivity index (χ0) is 17.5. The molecule has 0 aromatic heterocycles. The minimum atomic E-state index is -0.426. The number of hydrogen-bond acceptors (Lipinski definition) is 4. The SMILES string of the molecule is COC(=O)CSCCC(=O)N[C@@](C)(c1ccc(Br)cc1)C(C)C. The molecule has 0 radical (unpaired) electrons. The second-order valence-corrected chi connectivity index (χ2v) is 7.81. The Bertz CT molecular complexity index is 533. The molecule has 0 bridgehead atoms. The molecule has 1 amide bonds. The number of halogens is 1. The molecule has 1 rings (SSSR count). The van der Waals surface area contributed by atoms with Crippen LogP contribution in [0.3, 0.4) is 0 Å². The summed E-state index contributed by atoms with van der Waals surface area (Å²) in [5.74, 6) is 0.835. The average molecular weight is 402 g/mol. The van der Waals surface area contributed by atoms with Gasteiger partial charge in [-0.1, -0.05) is 41.9 Å². The number of nitrogens with one attached hydrogen (secondary N) is 1. The molecule has 0 aliphatic carbocycles. The first-order valence-electron chi connectivity index (χ1n) is 7.51. The molecule has 1 N–H and O–H groups in total. The highest BCUT2D eigenvalue weighted by molar-refractivity contribution is 9.10. The van der Waals surface area contributed by atoms with Crippen molar-refractivity contribution >= 4 is 39.6 Å². The Morgan fingerprint density at radius 1 is 1.30 bits per heavy atom. The number of thioether (sulfide) groups is 1. The normalized spacial score (nSPS) is 13.5. The number of rotatable bonds is 8. The lowest BCUT2D eigenvalue weighted by Crippen LogP contribution is -2.47. The van der Waals surface area contributed by atoms with E-state index < -0.39 is 5.54 Å². The summed E-state index contributed by atoms with van der Waals surface area (Å²) in [5.41, 5.74) is 0.649. The Kier molecular flexibility index (Phi) is 8.12. The third-order valence-corrected chi connectivity index (χ3v) is 5.38. The first kappa shape index (κ1) is 20.0. The summed E-state index contributed by atoms with van der Waals surface area (Å²) in [6.45, 7) is 6.23. The van der Waals surface area contributed by atoms with Crippen molar-refractivity contribution in [2.75, 3.05) is 18.6 Å². The Morgan fingerprint density at radius 3 is 2.43 bits per heavy atom. The van der Waals surface area contributed by atoms with Gasteiger partial charge in [0.05, 0.1) is 18.4 Å². The van der Waals surface area contributed by atoms with Crippen molar-refractivity contribution in [2.24, 2.45) is 5.92 Å². The second-order valence-electron chi connectivity index (χ2n) is 5.79. The molecular formula is C17H24BrNO3S. The summed E-state index contributed by atoms with van der Waals surface area (Å²) in [5, 5.41) is 3.15. The van der Waals surface area contributed by atoms with Crippen LogP contribution in [0.2, 0.25) is 0 Å². The quantitative estimate of drug-likeness (QED) is 0.532. The van der Waals surface area contributed by atoms with E-state index in [1.165, 1.54) is 18.9 Å². The molecular weight excluding hydrogens is 378 g/mol. The van der Waals surface area contributed by atoms with Crippen LogP contribution in [-0.4, -0.2) is 30.5 Å². The van der Waals surface area contributed by atoms with Gasteiger partial charge in [0.25, 0.3) is 0 Å². The number of hydrogen-bond donors (Lipinski definition) is 1. The summed E-state index contributed by atoms with van der Waals surface area (Å²) in [6.07, 6.45) is 0.375. The van der Waals surface area contributed by atoms with Crippen molar-refractivity contribution in [2.45, 2.75) is 32.7 Å². The van der Waals surface area contributed by atoms with Crippen LogP contribution in [0.1, 0.15) is 32.8 Å². The predicted molar refractivity (Wildman–Crippen MR) is 98.4 cm³/mol. The number of esters is 1. The van der Waals surface area contributed by atoms with Crippen LogP contribution >= 0.6 is 27.7 Å². The lowest BCUT2D eigenvalue weighted by Gasteiger charge is -2.35. The molecule has 128 valence electrons. The van der Waals surface area contributed by atoms with Gasteiger partial charge in [-0.3, -0.25) is 9.59 Å². The van der Waals surface area contributed by atoms with Crippen LogP contribution in [-0.2, 0) is 19.9 Å². The van der Waals surface area contributed by atoms with Crippen molar-refractivity contribution in [3.63, 3.8) is 0 Å². The Hall–Kier alpha value is -1.01. The van der Waals surface area contributed by atoms with Gasteiger partial charge in [0, 0.05) is 16.6 Å². The Morgan fingerprint density at radius 2 is 1.91 bits per heavy atom. The summed E-state index contributed by atoms with van der Waals surface area (Å²) in [6, 6.07) is 8.01. The van der Waals surface area contributed by atoms with E-state index in [0.717, 1.165) is 10.0 Å². The third-order valence-electron chi connectivity index (χ3n) is 3.92. The zero-order valence-corrected chi connectivity index (χ0v) is 16.4. The van der Waals surface area contributed by atoms with Crippen molar-refractivity contribution in [1.29, 1.82) is 0 Å². The molecule has 23 heavy (non-hydrogen) atoms. The first-order chi connectivity index (χ1) is 10.8. The van der Waals surface area contributed by atoms with Crippen LogP contribution in [0, 0.1) is 5.92 Å². The minimum Gasteiger partial charge on any atom is -0.468 e. The number of amides is 1. The summed E-state index contributed by atoms with van der Waals surface area (Å²) in [7, 11) is 1.36. The fourth-order valence-electron chi connectivity index (χ4n) is 2.08. The van der Waals surface area contributed by atoms with Gasteiger partial charge in [-0.05, 0) is 30.5 Å². The van der Waals surface area contributed by atoms with Gasteiger partial charge in [-0.2, -0.15) is 0 Å². The van der Waals surface area contributed by atoms with Crippen molar-refractivity contribution < 1.29 is 14.3 Å². The highest BCUT2D eigenvalue weighted by Gasteiger charge is 2.31. The van der Waals surface area contributed by atoms with Crippen molar-refractivity contribution in [3.8, 4) is 0 Å². The van der Waals surface area contributed by atoms with Gasteiger partial charge in [0.15, 0.2) is 0 Å². The van der Waals surface area contributed by atoms with Crippen molar-refractivity contribution in [1.82, 2.24) is 5.32 Å². The molecule has 0 saturated heterocycles. The van der Waals surface area contributed by atoms with E-state index >= 15 is 0 Å². The average Bonchev–Trinajstić information content (AvgIpc) is 2.51. The maximum absolute atomic E-state index is 12.3. The van der Waals surface area contributed by atoms with E-state index in [2.05, 4.69) is 39.8 Å². The molecule has 1 aromatic rings. The van der Waals surface area contributed by atoms with E-state index in [1.54, 1.807) is 0 Å². The van der Waals surface area contributed by atoms with Gasteiger partial charge in [0.1, 0.15) is 0 Å². The lowest BCUT2D eigenvalue weighted by molar-refractivity contribution is -0.137. The molecule has 0 spiro atoms. The molecule has 0 saturated carbocycles. The second kappa shape index (κ2) is 9.33. The highest BCUT2D eigenvalue weighted by Crippen LogP contribution is 2.30. The smallest absolute Gasteiger partial charge is 0.315 e. The molecule has 4 nitrogen and oxygen atoms in total. The molecule has 0 aliphatic rings. The summed E-state index contributed by atoms with van der Waals surface area (Å²) < 4.78 is 5.58. The summed E-state index contributed by atoms with van der Waals surface area (Å²) in [4.78, 5) is 23.3. The highest BCUT2D eigenvalue weighted by atomic mass is 79.9. The van der Waals surface area contributed by atoms with E-state index in [4.69, 9.17) is 0 Å². The van der Waals surface area contributed by atoms with E-state index in [0.29, 0.717) is 12.2 Å². The maximum Gasteiger partial charge on any atom is 0.315 e. The fraction of sp³-hybridized carbons (Fsp3) is 0.529. The molecule has 0 heterocycles. The molecule has 0 unspecified atom stereocenters. The van der Waals surface area contributed by atoms with Crippen LogP contribution in [0.5, 0.6) is 0 Å². The molecule has 0 aliphatic heterocycles. The number of carbonyl (C=O) groups is 2. The van der Waals surface area contributed by atoms with E-state index in [9.17, 15) is 9.59 Å². The van der Waals surface area contributed by atoms with Gasteiger partial charge in [-0.15, -0.1) is 11.8 Å². The Balaban J connectivity index is 2.63. The van der Waals surface area contributed by atoms with Crippen LogP contribution in [0.15, 0.2) is 28.7 Å². The predicted octanol–water partition coefficient (Wildman–Crippen LogP) is 3.73. The van der Waals surface area contributed by atoms with E-state index in [1.807, 2.05) is 31.2 Å². The van der Waals surface area contributed by atoms with Crippen LogP contribution < -0.4 is 5.32 Å². The van der Waals surface area contributed by atoms with Gasteiger partial charge in [-0.25, -0.2) is 0 Å². The van der Waals surface area contributed by atoms with Crippen LogP contribution in [0.25, 0.3) is 0 Å². The largest absolute Gasteiger partial charge is 0.468 e. The first-order valence-corrected chi connectivity index (χ1v) is 9.46. The van der Waals surface area contributed by atoms with Crippen LogP contribution in [0.4, 0.5) is 0 Å². The number of methoxy groups -OCH3 is 1. The number of carbonyl (C=O) groups excluding carboxylic acids is 2. The number of ether oxygens (including phenoxy) is 1. The molecule has 0 fully saturated rings.